The maximum atomic E-state index is 12.9. The molecule has 1 heterocycles. The molecule has 8 nitrogen and oxygen atoms in total. The molecule has 2 rings (SSSR count). The van der Waals surface area contributed by atoms with Gasteiger partial charge in [0.25, 0.3) is 0 Å². The van der Waals surface area contributed by atoms with Gasteiger partial charge in [0.15, 0.2) is 20.4 Å². The van der Waals surface area contributed by atoms with Gasteiger partial charge in [-0.05, 0) is 39.7 Å². The summed E-state index contributed by atoms with van der Waals surface area (Å²) in [7, 11) is -4.12. The number of hydrogen-bond acceptors (Lipinski definition) is 7. The van der Waals surface area contributed by atoms with Gasteiger partial charge < -0.3 is 19.3 Å². The third-order valence-electron chi connectivity index (χ3n) is 4.83. The van der Waals surface area contributed by atoms with Gasteiger partial charge in [0.2, 0.25) is 0 Å². The third kappa shape index (κ3) is 6.01. The molecule has 1 aliphatic heterocycles. The van der Waals surface area contributed by atoms with Crippen molar-refractivity contribution < 1.29 is 37.3 Å². The minimum absolute atomic E-state index is 0.0445. The molecule has 1 saturated heterocycles. The van der Waals surface area contributed by atoms with Crippen molar-refractivity contribution in [3.05, 3.63) is 35.9 Å². The molecule has 0 radical (unpaired) electrons. The first-order chi connectivity index (χ1) is 13.3. The van der Waals surface area contributed by atoms with Crippen LogP contribution in [0.1, 0.15) is 33.3 Å². The fourth-order valence-electron chi connectivity index (χ4n) is 2.90. The molecule has 0 aromatic heterocycles. The average molecular weight is 429 g/mol. The molecule has 162 valence electrons. The van der Waals surface area contributed by atoms with Crippen LogP contribution in [0, 0.1) is 5.92 Å². The van der Waals surface area contributed by atoms with Gasteiger partial charge in [0.1, 0.15) is 12.7 Å². The van der Waals surface area contributed by atoms with Gasteiger partial charge in [-0.25, -0.2) is 8.42 Å². The predicted molar refractivity (Wildman–Crippen MR) is 105 cm³/mol. The normalized spacial score (nSPS) is 20.2. The van der Waals surface area contributed by atoms with E-state index in [0.717, 1.165) is 0 Å². The molecule has 1 fully saturated rings. The molecule has 0 unspecified atom stereocenters. The zero-order chi connectivity index (χ0) is 21.9. The minimum Gasteiger partial charge on any atom is -0.481 e. The lowest BCUT2D eigenvalue weighted by atomic mass is 10.0. The number of carboxylic acids is 1. The maximum Gasteiger partial charge on any atom is 0.326 e. The second kappa shape index (κ2) is 8.81. The van der Waals surface area contributed by atoms with Crippen molar-refractivity contribution in [2.24, 2.45) is 5.92 Å². The smallest absolute Gasteiger partial charge is 0.326 e. The van der Waals surface area contributed by atoms with Crippen LogP contribution < -0.4 is 0 Å². The monoisotopic (exact) mass is 428 g/mol. The molecule has 9 heteroatoms. The summed E-state index contributed by atoms with van der Waals surface area (Å²) in [6.45, 7) is 5.98. The summed E-state index contributed by atoms with van der Waals surface area (Å²) >= 11 is 0. The number of carbonyl (C=O) groups excluding carboxylic acids is 1. The van der Waals surface area contributed by atoms with Gasteiger partial charge in [0, 0.05) is 0 Å². The molecule has 0 saturated carbocycles. The molecule has 0 bridgehead atoms. The van der Waals surface area contributed by atoms with E-state index in [1.54, 1.807) is 44.2 Å². The Morgan fingerprint density at radius 3 is 2.41 bits per heavy atom. The molecule has 1 aromatic rings. The summed E-state index contributed by atoms with van der Waals surface area (Å²) in [4.78, 5) is 24.1. The highest BCUT2D eigenvalue weighted by atomic mass is 32.2. The van der Waals surface area contributed by atoms with Gasteiger partial charge in [-0.1, -0.05) is 30.3 Å². The van der Waals surface area contributed by atoms with E-state index in [4.69, 9.17) is 14.2 Å². The van der Waals surface area contributed by atoms with Gasteiger partial charge in [-0.2, -0.15) is 0 Å². The Hall–Kier alpha value is -1.97. The van der Waals surface area contributed by atoms with E-state index in [0.29, 0.717) is 5.56 Å². The molecule has 1 aromatic carbocycles. The van der Waals surface area contributed by atoms with E-state index in [9.17, 15) is 23.1 Å². The van der Waals surface area contributed by atoms with Crippen LogP contribution in [-0.4, -0.2) is 61.1 Å². The van der Waals surface area contributed by atoms with Gasteiger partial charge >= 0.3 is 11.9 Å². The van der Waals surface area contributed by atoms with E-state index in [-0.39, 0.29) is 19.6 Å². The molecule has 29 heavy (non-hydrogen) atoms. The third-order valence-corrected chi connectivity index (χ3v) is 7.39. The summed E-state index contributed by atoms with van der Waals surface area (Å²) in [5.74, 6) is -4.82. The second-order valence-electron chi connectivity index (χ2n) is 8.07. The van der Waals surface area contributed by atoms with Crippen LogP contribution in [0.15, 0.2) is 30.3 Å². The first kappa shape index (κ1) is 23.3. The van der Waals surface area contributed by atoms with Crippen molar-refractivity contribution in [1.29, 1.82) is 0 Å². The minimum atomic E-state index is -4.12. The first-order valence-corrected chi connectivity index (χ1v) is 11.0. The lowest BCUT2D eigenvalue weighted by Gasteiger charge is -2.25. The van der Waals surface area contributed by atoms with Crippen molar-refractivity contribution >= 4 is 21.8 Å². The zero-order valence-electron chi connectivity index (χ0n) is 17.1. The average Bonchev–Trinajstić information content (AvgIpc) is 2.98. The summed E-state index contributed by atoms with van der Waals surface area (Å²) in [5, 5.41) is 9.49. The lowest BCUT2D eigenvalue weighted by Crippen LogP contribution is -2.46. The SMILES string of the molecule is CC1(C)OC[C@H](COC(=O)C(C)(C)S(=O)(=O)C[C@@H](Cc2ccccc2)C(=O)O)O1. The predicted octanol–water partition coefficient (Wildman–Crippen LogP) is 1.82. The number of benzene rings is 1. The van der Waals surface area contributed by atoms with Crippen molar-refractivity contribution in [1.82, 2.24) is 0 Å². The Kier molecular flexibility index (Phi) is 7.08. The highest BCUT2D eigenvalue weighted by Gasteiger charge is 2.46. The van der Waals surface area contributed by atoms with Gasteiger partial charge in [0.05, 0.1) is 18.3 Å². The number of rotatable bonds is 9. The second-order valence-corrected chi connectivity index (χ2v) is 10.6. The summed E-state index contributed by atoms with van der Waals surface area (Å²) in [6.07, 6.45) is -0.444. The number of ether oxygens (including phenoxy) is 3. The summed E-state index contributed by atoms with van der Waals surface area (Å²) < 4.78 is 39.9. The highest BCUT2D eigenvalue weighted by molar-refractivity contribution is 7.93. The molecule has 0 amide bonds. The van der Waals surface area contributed by atoms with Crippen LogP contribution in [-0.2, 0) is 40.1 Å². The number of sulfone groups is 1. The van der Waals surface area contributed by atoms with Crippen LogP contribution in [0.2, 0.25) is 0 Å². The van der Waals surface area contributed by atoms with Gasteiger partial charge in [-0.15, -0.1) is 0 Å². The molecular weight excluding hydrogens is 400 g/mol. The van der Waals surface area contributed by atoms with Crippen LogP contribution in [0.5, 0.6) is 0 Å². The van der Waals surface area contributed by atoms with Crippen molar-refractivity contribution in [2.75, 3.05) is 19.0 Å². The van der Waals surface area contributed by atoms with Crippen molar-refractivity contribution in [2.45, 2.75) is 50.8 Å². The molecule has 1 aliphatic rings. The number of carboxylic acid groups (broad SMARTS) is 1. The quantitative estimate of drug-likeness (QED) is 0.592. The van der Waals surface area contributed by atoms with E-state index in [1.807, 2.05) is 0 Å². The fraction of sp³-hybridized carbons (Fsp3) is 0.600. The van der Waals surface area contributed by atoms with Crippen LogP contribution >= 0.6 is 0 Å². The molecule has 0 spiro atoms. The summed E-state index contributed by atoms with van der Waals surface area (Å²) in [5.41, 5.74) is 0.705. The lowest BCUT2D eigenvalue weighted by molar-refractivity contribution is -0.159. The number of aliphatic carboxylic acids is 1. The Morgan fingerprint density at radius 1 is 1.28 bits per heavy atom. The molecule has 0 aliphatic carbocycles. The topological polar surface area (TPSA) is 116 Å². The largest absolute Gasteiger partial charge is 0.481 e. The van der Waals surface area contributed by atoms with Crippen LogP contribution in [0.3, 0.4) is 0 Å². The Morgan fingerprint density at radius 2 is 1.90 bits per heavy atom. The Bertz CT molecular complexity index is 829. The van der Waals surface area contributed by atoms with E-state index < -0.39 is 50.1 Å². The first-order valence-electron chi connectivity index (χ1n) is 9.32. The molecule has 1 N–H and O–H groups in total. The van der Waals surface area contributed by atoms with E-state index in [2.05, 4.69) is 0 Å². The highest BCUT2D eigenvalue weighted by Crippen LogP contribution is 2.26. The van der Waals surface area contributed by atoms with Crippen LogP contribution in [0.4, 0.5) is 0 Å². The van der Waals surface area contributed by atoms with E-state index >= 15 is 0 Å². The molecular formula is C20H28O8S. The standard InChI is InChI=1S/C20H28O8S/c1-19(2,18(23)26-11-16-12-27-20(3,4)28-16)29(24,25)13-15(17(21)22)10-14-8-6-5-7-9-14/h5-9,15-16H,10-13H2,1-4H3,(H,21,22)/t15-,16+/m1/s1. The number of carbonyl (C=O) groups is 2. The summed E-state index contributed by atoms with van der Waals surface area (Å²) in [6, 6.07) is 8.75. The maximum absolute atomic E-state index is 12.9. The Balaban J connectivity index is 2.04. The van der Waals surface area contributed by atoms with Crippen molar-refractivity contribution in [3.63, 3.8) is 0 Å². The number of hydrogen-bond donors (Lipinski definition) is 1. The van der Waals surface area contributed by atoms with Crippen molar-refractivity contribution in [3.8, 4) is 0 Å². The van der Waals surface area contributed by atoms with Gasteiger partial charge in [-0.3, -0.25) is 9.59 Å². The zero-order valence-corrected chi connectivity index (χ0v) is 17.9. The number of esters is 1. The molecule has 2 atom stereocenters. The van der Waals surface area contributed by atoms with Crippen LogP contribution in [0.25, 0.3) is 0 Å². The fourth-order valence-corrected chi connectivity index (χ4v) is 4.42. The van der Waals surface area contributed by atoms with E-state index in [1.165, 1.54) is 13.8 Å². The Labute approximate surface area is 171 Å².